The van der Waals surface area contributed by atoms with E-state index in [-0.39, 0.29) is 5.84 Å². The summed E-state index contributed by atoms with van der Waals surface area (Å²) < 4.78 is 5.64. The van der Waals surface area contributed by atoms with E-state index in [1.165, 1.54) is 0 Å². The highest BCUT2D eigenvalue weighted by atomic mass is 16.5. The van der Waals surface area contributed by atoms with Crippen LogP contribution in [-0.2, 0) is 0 Å². The number of amidine groups is 1. The summed E-state index contributed by atoms with van der Waals surface area (Å²) in [6.45, 7) is 0.671. The van der Waals surface area contributed by atoms with Crippen LogP contribution in [0.4, 0.5) is 5.69 Å². The van der Waals surface area contributed by atoms with Crippen LogP contribution in [0.25, 0.3) is 0 Å². The predicted octanol–water partition coefficient (Wildman–Crippen LogP) is 2.24. The Morgan fingerprint density at radius 1 is 1.35 bits per heavy atom. The van der Waals surface area contributed by atoms with E-state index in [9.17, 15) is 0 Å². The van der Waals surface area contributed by atoms with Gasteiger partial charge in [-0.15, -0.1) is 0 Å². The molecule has 0 bridgehead atoms. The van der Waals surface area contributed by atoms with E-state index in [0.717, 1.165) is 24.3 Å². The van der Waals surface area contributed by atoms with Crippen LogP contribution in [0.15, 0.2) is 24.3 Å². The first-order chi connectivity index (χ1) is 8.09. The number of benzene rings is 1. The van der Waals surface area contributed by atoms with Gasteiger partial charge >= 0.3 is 0 Å². The first-order valence-corrected chi connectivity index (χ1v) is 5.82. The zero-order valence-corrected chi connectivity index (χ0v) is 10.6. The van der Waals surface area contributed by atoms with Gasteiger partial charge in [0.2, 0.25) is 0 Å². The fourth-order valence-electron chi connectivity index (χ4n) is 1.46. The molecule has 0 radical (unpaired) electrons. The van der Waals surface area contributed by atoms with Gasteiger partial charge in [-0.05, 0) is 25.0 Å². The first-order valence-electron chi connectivity index (χ1n) is 5.82. The molecule has 0 spiro atoms. The fourth-order valence-corrected chi connectivity index (χ4v) is 1.46. The Morgan fingerprint density at radius 3 is 2.76 bits per heavy atom. The van der Waals surface area contributed by atoms with Gasteiger partial charge in [0.1, 0.15) is 5.75 Å². The minimum absolute atomic E-state index is 0.250. The highest BCUT2D eigenvalue weighted by molar-refractivity contribution is 5.76. The lowest BCUT2D eigenvalue weighted by Gasteiger charge is -2.14. The predicted molar refractivity (Wildman–Crippen MR) is 72.0 cm³/mol. The Bertz CT molecular complexity index is 363. The van der Waals surface area contributed by atoms with Gasteiger partial charge in [0, 0.05) is 32.3 Å². The monoisotopic (exact) mass is 235 g/mol. The summed E-state index contributed by atoms with van der Waals surface area (Å²) in [6.07, 6.45) is 2.48. The molecule has 0 aliphatic carbocycles. The highest BCUT2D eigenvalue weighted by Crippen LogP contribution is 2.19. The van der Waals surface area contributed by atoms with Gasteiger partial charge in [0.25, 0.3) is 0 Å². The van der Waals surface area contributed by atoms with Crippen LogP contribution in [0.2, 0.25) is 0 Å². The molecule has 94 valence electrons. The molecule has 1 rings (SSSR count). The van der Waals surface area contributed by atoms with E-state index in [0.29, 0.717) is 13.0 Å². The van der Waals surface area contributed by atoms with Crippen LogP contribution >= 0.6 is 0 Å². The Labute approximate surface area is 103 Å². The van der Waals surface area contributed by atoms with Crippen LogP contribution in [0.5, 0.6) is 5.75 Å². The van der Waals surface area contributed by atoms with Crippen molar-refractivity contribution in [1.29, 1.82) is 5.41 Å². The van der Waals surface area contributed by atoms with Crippen molar-refractivity contribution in [2.24, 2.45) is 5.73 Å². The minimum Gasteiger partial charge on any atom is -0.494 e. The Balaban J connectivity index is 2.31. The fraction of sp³-hybridized carbons (Fsp3) is 0.462. The number of unbranched alkanes of at least 4 members (excludes halogenated alkanes) is 1. The SMILES string of the molecule is CN(C)c1cccc(OCCCCC(=N)N)c1. The van der Waals surface area contributed by atoms with Crippen LogP contribution in [-0.4, -0.2) is 26.5 Å². The van der Waals surface area contributed by atoms with Crippen LogP contribution in [0.1, 0.15) is 19.3 Å². The number of nitrogens with one attached hydrogen (secondary N) is 1. The molecule has 0 aliphatic rings. The molecule has 0 aromatic heterocycles. The van der Waals surface area contributed by atoms with Gasteiger partial charge in [-0.1, -0.05) is 6.07 Å². The third-order valence-electron chi connectivity index (χ3n) is 2.44. The molecule has 0 fully saturated rings. The molecule has 0 saturated carbocycles. The maximum Gasteiger partial charge on any atom is 0.121 e. The molecule has 0 aliphatic heterocycles. The van der Waals surface area contributed by atoms with Gasteiger partial charge in [0.05, 0.1) is 12.4 Å². The molecule has 4 heteroatoms. The summed E-state index contributed by atoms with van der Waals surface area (Å²) in [6, 6.07) is 8.01. The molecule has 1 aromatic rings. The summed E-state index contributed by atoms with van der Waals surface area (Å²) in [5.74, 6) is 1.14. The van der Waals surface area contributed by atoms with Crippen molar-refractivity contribution in [2.45, 2.75) is 19.3 Å². The standard InChI is InChI=1S/C13H21N3O/c1-16(2)11-6-5-7-12(10-11)17-9-4-3-8-13(14)15/h5-7,10H,3-4,8-9H2,1-2H3,(H3,14,15). The van der Waals surface area contributed by atoms with Crippen LogP contribution in [0, 0.1) is 5.41 Å². The second-order valence-electron chi connectivity index (χ2n) is 4.22. The maximum atomic E-state index is 7.10. The lowest BCUT2D eigenvalue weighted by atomic mass is 10.2. The van der Waals surface area contributed by atoms with Crippen molar-refractivity contribution in [1.82, 2.24) is 0 Å². The lowest BCUT2D eigenvalue weighted by Crippen LogP contribution is -2.10. The maximum absolute atomic E-state index is 7.10. The number of rotatable bonds is 7. The van der Waals surface area contributed by atoms with E-state index in [1.807, 2.05) is 43.3 Å². The minimum atomic E-state index is 0.250. The van der Waals surface area contributed by atoms with Crippen LogP contribution < -0.4 is 15.4 Å². The van der Waals surface area contributed by atoms with Gasteiger partial charge < -0.3 is 15.4 Å². The van der Waals surface area contributed by atoms with Gasteiger partial charge in [0.15, 0.2) is 0 Å². The molecule has 0 unspecified atom stereocenters. The van der Waals surface area contributed by atoms with Gasteiger partial charge in [-0.25, -0.2) is 0 Å². The van der Waals surface area contributed by atoms with E-state index in [2.05, 4.69) is 0 Å². The third-order valence-corrected chi connectivity index (χ3v) is 2.44. The largest absolute Gasteiger partial charge is 0.494 e. The lowest BCUT2D eigenvalue weighted by molar-refractivity contribution is 0.308. The molecule has 0 atom stereocenters. The molecule has 1 aromatic carbocycles. The molecular weight excluding hydrogens is 214 g/mol. The van der Waals surface area contributed by atoms with Crippen molar-refractivity contribution >= 4 is 11.5 Å². The average molecular weight is 235 g/mol. The van der Waals surface area contributed by atoms with E-state index < -0.39 is 0 Å². The molecule has 0 amide bonds. The van der Waals surface area contributed by atoms with Crippen LogP contribution in [0.3, 0.4) is 0 Å². The third kappa shape index (κ3) is 5.24. The summed E-state index contributed by atoms with van der Waals surface area (Å²) in [5.41, 5.74) is 6.41. The number of nitrogens with two attached hydrogens (primary N) is 1. The zero-order chi connectivity index (χ0) is 12.7. The summed E-state index contributed by atoms with van der Waals surface area (Å²) >= 11 is 0. The summed E-state index contributed by atoms with van der Waals surface area (Å²) in [7, 11) is 4.01. The quantitative estimate of drug-likeness (QED) is 0.433. The number of anilines is 1. The molecular formula is C13H21N3O. The van der Waals surface area contributed by atoms with E-state index in [4.69, 9.17) is 15.9 Å². The molecule has 4 nitrogen and oxygen atoms in total. The molecule has 0 heterocycles. The highest BCUT2D eigenvalue weighted by Gasteiger charge is 1.98. The number of nitrogens with zero attached hydrogens (tertiary/aromatic N) is 1. The topological polar surface area (TPSA) is 62.3 Å². The normalized spacial score (nSPS) is 10.0. The second kappa shape index (κ2) is 6.78. The smallest absolute Gasteiger partial charge is 0.121 e. The average Bonchev–Trinajstić information content (AvgIpc) is 2.28. The second-order valence-corrected chi connectivity index (χ2v) is 4.22. The van der Waals surface area contributed by atoms with Crippen molar-refractivity contribution in [3.8, 4) is 5.75 Å². The Hall–Kier alpha value is -1.71. The Morgan fingerprint density at radius 2 is 2.12 bits per heavy atom. The number of ether oxygens (including phenoxy) is 1. The van der Waals surface area contributed by atoms with Crippen molar-refractivity contribution in [2.75, 3.05) is 25.6 Å². The van der Waals surface area contributed by atoms with Gasteiger partial charge in [-0.3, -0.25) is 5.41 Å². The van der Waals surface area contributed by atoms with Crippen molar-refractivity contribution < 1.29 is 4.74 Å². The first kappa shape index (κ1) is 13.4. The Kier molecular flexibility index (Phi) is 5.33. The summed E-state index contributed by atoms with van der Waals surface area (Å²) in [4.78, 5) is 2.04. The molecule has 17 heavy (non-hydrogen) atoms. The zero-order valence-electron chi connectivity index (χ0n) is 10.6. The van der Waals surface area contributed by atoms with E-state index in [1.54, 1.807) is 0 Å². The van der Waals surface area contributed by atoms with E-state index >= 15 is 0 Å². The van der Waals surface area contributed by atoms with Gasteiger partial charge in [-0.2, -0.15) is 0 Å². The summed E-state index contributed by atoms with van der Waals surface area (Å²) in [5, 5.41) is 7.10. The molecule has 3 N–H and O–H groups in total. The number of hydrogen-bond donors (Lipinski definition) is 2. The van der Waals surface area contributed by atoms with Crippen molar-refractivity contribution in [3.63, 3.8) is 0 Å². The van der Waals surface area contributed by atoms with Crippen molar-refractivity contribution in [3.05, 3.63) is 24.3 Å². The number of hydrogen-bond acceptors (Lipinski definition) is 3. The molecule has 0 saturated heterocycles.